The molecule has 1 unspecified atom stereocenters. The maximum absolute atomic E-state index is 12.3. The fourth-order valence-electron chi connectivity index (χ4n) is 3.39. The zero-order valence-corrected chi connectivity index (χ0v) is 16.6. The number of fused-ring (bicyclic) bond motifs is 1. The molecule has 144 valence electrons. The van der Waals surface area contributed by atoms with Crippen molar-refractivity contribution in [3.05, 3.63) is 60.4 Å². The molecule has 0 bridgehead atoms. The van der Waals surface area contributed by atoms with Crippen molar-refractivity contribution in [3.63, 3.8) is 0 Å². The predicted octanol–water partition coefficient (Wildman–Crippen LogP) is 3.60. The predicted molar refractivity (Wildman–Crippen MR) is 113 cm³/mol. The zero-order valence-electron chi connectivity index (χ0n) is 14.9. The number of aromatic nitrogens is 2. The van der Waals surface area contributed by atoms with Crippen LogP contribution in [0.1, 0.15) is 23.2 Å². The summed E-state index contributed by atoms with van der Waals surface area (Å²) in [7, 11) is 0. The van der Waals surface area contributed by atoms with Gasteiger partial charge in [-0.15, -0.1) is 24.8 Å². The van der Waals surface area contributed by atoms with Gasteiger partial charge in [-0.25, -0.2) is 4.98 Å². The Kier molecular flexibility index (Phi) is 7.66. The zero-order chi connectivity index (χ0) is 17.1. The molecule has 0 saturated carbocycles. The minimum atomic E-state index is -0.00649. The Morgan fingerprint density at radius 3 is 2.67 bits per heavy atom. The van der Waals surface area contributed by atoms with Gasteiger partial charge in [0.05, 0.1) is 11.0 Å². The Bertz CT molecular complexity index is 873. The SMILES string of the molecule is Cl.Cl.O=C(NCCC1CCNC1)c1ccc(-n2cnc3ccccc32)cc1. The Morgan fingerprint density at radius 1 is 1.15 bits per heavy atom. The van der Waals surface area contributed by atoms with Crippen molar-refractivity contribution in [2.75, 3.05) is 19.6 Å². The monoisotopic (exact) mass is 406 g/mol. The fourth-order valence-corrected chi connectivity index (χ4v) is 3.39. The molecule has 4 rings (SSSR count). The first-order valence-corrected chi connectivity index (χ1v) is 8.83. The standard InChI is InChI=1S/C20H22N4O.2ClH/c25-20(22-12-10-15-9-11-21-13-15)16-5-7-17(8-6-16)24-14-23-18-3-1-2-4-19(18)24;;/h1-8,14-15,21H,9-13H2,(H,22,25);2*1H. The minimum absolute atomic E-state index is 0. The van der Waals surface area contributed by atoms with E-state index < -0.39 is 0 Å². The molecule has 2 aromatic carbocycles. The molecule has 1 amide bonds. The molecule has 3 aromatic rings. The van der Waals surface area contributed by atoms with Crippen LogP contribution in [0, 0.1) is 5.92 Å². The van der Waals surface area contributed by atoms with Crippen LogP contribution in [0.4, 0.5) is 0 Å². The lowest BCUT2D eigenvalue weighted by molar-refractivity contribution is 0.0951. The van der Waals surface area contributed by atoms with Gasteiger partial charge in [0.15, 0.2) is 0 Å². The molecule has 1 saturated heterocycles. The minimum Gasteiger partial charge on any atom is -0.352 e. The number of carbonyl (C=O) groups is 1. The van der Waals surface area contributed by atoms with E-state index in [0.29, 0.717) is 11.5 Å². The lowest BCUT2D eigenvalue weighted by atomic mass is 10.1. The molecule has 2 heterocycles. The molecule has 1 aromatic heterocycles. The third kappa shape index (κ3) is 4.80. The highest BCUT2D eigenvalue weighted by molar-refractivity contribution is 5.94. The number of benzene rings is 2. The normalized spacial score (nSPS) is 15.8. The van der Waals surface area contributed by atoms with Gasteiger partial charge in [0.1, 0.15) is 6.33 Å². The van der Waals surface area contributed by atoms with Crippen LogP contribution in [0.3, 0.4) is 0 Å². The van der Waals surface area contributed by atoms with E-state index in [2.05, 4.69) is 15.6 Å². The first-order chi connectivity index (χ1) is 12.3. The molecule has 1 aliphatic rings. The van der Waals surface area contributed by atoms with Crippen LogP contribution in [0.5, 0.6) is 0 Å². The molecular formula is C20H24Cl2N4O. The van der Waals surface area contributed by atoms with E-state index in [-0.39, 0.29) is 30.7 Å². The van der Waals surface area contributed by atoms with Crippen molar-refractivity contribution in [3.8, 4) is 5.69 Å². The topological polar surface area (TPSA) is 59.0 Å². The van der Waals surface area contributed by atoms with Crippen LogP contribution in [-0.2, 0) is 0 Å². The van der Waals surface area contributed by atoms with E-state index in [1.165, 1.54) is 6.42 Å². The average Bonchev–Trinajstić information content (AvgIpc) is 3.31. The van der Waals surface area contributed by atoms with Crippen molar-refractivity contribution >= 4 is 41.8 Å². The van der Waals surface area contributed by atoms with Gasteiger partial charge in [0.25, 0.3) is 5.91 Å². The summed E-state index contributed by atoms with van der Waals surface area (Å²) in [6.45, 7) is 2.91. The van der Waals surface area contributed by atoms with Gasteiger partial charge in [-0.3, -0.25) is 9.36 Å². The highest BCUT2D eigenvalue weighted by atomic mass is 35.5. The lowest BCUT2D eigenvalue weighted by Crippen LogP contribution is -2.26. The van der Waals surface area contributed by atoms with E-state index in [4.69, 9.17) is 0 Å². The number of carbonyl (C=O) groups excluding carboxylic acids is 1. The molecule has 5 nitrogen and oxygen atoms in total. The van der Waals surface area contributed by atoms with Gasteiger partial charge in [-0.2, -0.15) is 0 Å². The Hall–Kier alpha value is -2.08. The van der Waals surface area contributed by atoms with Crippen molar-refractivity contribution in [1.29, 1.82) is 0 Å². The van der Waals surface area contributed by atoms with E-state index in [0.717, 1.165) is 42.8 Å². The van der Waals surface area contributed by atoms with E-state index in [1.807, 2.05) is 59.4 Å². The summed E-state index contributed by atoms with van der Waals surface area (Å²) in [6.07, 6.45) is 4.07. The maximum Gasteiger partial charge on any atom is 0.251 e. The van der Waals surface area contributed by atoms with Gasteiger partial charge in [-0.05, 0) is 68.2 Å². The third-order valence-electron chi connectivity index (χ3n) is 4.86. The summed E-state index contributed by atoms with van der Waals surface area (Å²) >= 11 is 0. The molecule has 2 N–H and O–H groups in total. The van der Waals surface area contributed by atoms with Crippen molar-refractivity contribution in [1.82, 2.24) is 20.2 Å². The van der Waals surface area contributed by atoms with Crippen LogP contribution in [0.2, 0.25) is 0 Å². The molecule has 0 radical (unpaired) electrons. The lowest BCUT2D eigenvalue weighted by Gasteiger charge is -2.10. The summed E-state index contributed by atoms with van der Waals surface area (Å²) in [6, 6.07) is 15.7. The second kappa shape index (κ2) is 9.74. The average molecular weight is 407 g/mol. The van der Waals surface area contributed by atoms with Gasteiger partial charge >= 0.3 is 0 Å². The summed E-state index contributed by atoms with van der Waals surface area (Å²) in [4.78, 5) is 16.7. The van der Waals surface area contributed by atoms with Crippen molar-refractivity contribution < 1.29 is 4.79 Å². The molecule has 1 atom stereocenters. The number of hydrogen-bond donors (Lipinski definition) is 2. The molecule has 7 heteroatoms. The van der Waals surface area contributed by atoms with Crippen LogP contribution in [-0.4, -0.2) is 35.1 Å². The second-order valence-electron chi connectivity index (χ2n) is 6.55. The highest BCUT2D eigenvalue weighted by Crippen LogP contribution is 2.18. The van der Waals surface area contributed by atoms with Crippen LogP contribution >= 0.6 is 24.8 Å². The Morgan fingerprint density at radius 2 is 1.93 bits per heavy atom. The number of amides is 1. The molecule has 1 fully saturated rings. The number of halogens is 2. The first-order valence-electron chi connectivity index (χ1n) is 8.83. The summed E-state index contributed by atoms with van der Waals surface area (Å²) in [5, 5.41) is 6.38. The fraction of sp³-hybridized carbons (Fsp3) is 0.300. The molecule has 0 aliphatic carbocycles. The summed E-state index contributed by atoms with van der Waals surface area (Å²) in [5.74, 6) is 0.685. The first kappa shape index (κ1) is 21.2. The van der Waals surface area contributed by atoms with Crippen LogP contribution in [0.15, 0.2) is 54.9 Å². The van der Waals surface area contributed by atoms with E-state index in [9.17, 15) is 4.79 Å². The quantitative estimate of drug-likeness (QED) is 0.680. The van der Waals surface area contributed by atoms with E-state index in [1.54, 1.807) is 0 Å². The number of imidazole rings is 1. The smallest absolute Gasteiger partial charge is 0.251 e. The van der Waals surface area contributed by atoms with Crippen molar-refractivity contribution in [2.24, 2.45) is 5.92 Å². The van der Waals surface area contributed by atoms with Crippen LogP contribution in [0.25, 0.3) is 16.7 Å². The van der Waals surface area contributed by atoms with Gasteiger partial charge in [-0.1, -0.05) is 12.1 Å². The van der Waals surface area contributed by atoms with Crippen LogP contribution < -0.4 is 10.6 Å². The van der Waals surface area contributed by atoms with Gasteiger partial charge < -0.3 is 10.6 Å². The number of nitrogens with one attached hydrogen (secondary N) is 2. The van der Waals surface area contributed by atoms with Gasteiger partial charge in [0.2, 0.25) is 0 Å². The number of para-hydroxylation sites is 2. The number of hydrogen-bond acceptors (Lipinski definition) is 3. The second-order valence-corrected chi connectivity index (χ2v) is 6.55. The molecule has 27 heavy (non-hydrogen) atoms. The van der Waals surface area contributed by atoms with E-state index >= 15 is 0 Å². The summed E-state index contributed by atoms with van der Waals surface area (Å²) < 4.78 is 2.03. The molecule has 1 aliphatic heterocycles. The Labute approximate surface area is 171 Å². The number of rotatable bonds is 5. The molecular weight excluding hydrogens is 383 g/mol. The number of nitrogens with zero attached hydrogens (tertiary/aromatic N) is 2. The van der Waals surface area contributed by atoms with Gasteiger partial charge in [0, 0.05) is 17.8 Å². The third-order valence-corrected chi connectivity index (χ3v) is 4.86. The largest absolute Gasteiger partial charge is 0.352 e. The summed E-state index contributed by atoms with van der Waals surface area (Å²) in [5.41, 5.74) is 3.72. The van der Waals surface area contributed by atoms with Crippen molar-refractivity contribution in [2.45, 2.75) is 12.8 Å². The maximum atomic E-state index is 12.3. The highest BCUT2D eigenvalue weighted by Gasteiger charge is 2.14. The molecule has 0 spiro atoms. The Balaban J connectivity index is 0.00000131.